The number of ether oxygens (including phenoxy) is 3. The summed E-state index contributed by atoms with van der Waals surface area (Å²) in [6.07, 6.45) is 2.59. The lowest BCUT2D eigenvalue weighted by Crippen LogP contribution is -2.42. The number of benzene rings is 2. The first-order valence-corrected chi connectivity index (χ1v) is 14.2. The van der Waals surface area contributed by atoms with Crippen LogP contribution in [0, 0.1) is 10.1 Å². The Morgan fingerprint density at radius 3 is 2.37 bits per heavy atom. The molecule has 0 aliphatic carbocycles. The minimum atomic E-state index is -0.611. The molecule has 2 heterocycles. The van der Waals surface area contributed by atoms with Crippen molar-refractivity contribution in [2.75, 3.05) is 31.5 Å². The molecule has 2 aromatic rings. The van der Waals surface area contributed by atoms with Gasteiger partial charge in [0, 0.05) is 51.1 Å². The lowest BCUT2D eigenvalue weighted by atomic mass is 10.1. The third kappa shape index (κ3) is 8.73. The number of carbonyl (C=O) groups excluding carboxylic acids is 2. The van der Waals surface area contributed by atoms with Crippen LogP contribution in [0.5, 0.6) is 5.75 Å². The molecule has 4 rings (SSSR count). The van der Waals surface area contributed by atoms with Gasteiger partial charge in [0.25, 0.3) is 5.69 Å². The molecule has 222 valence electrons. The van der Waals surface area contributed by atoms with Crippen LogP contribution in [-0.4, -0.2) is 70.8 Å². The zero-order chi connectivity index (χ0) is 29.4. The summed E-state index contributed by atoms with van der Waals surface area (Å²) in [4.78, 5) is 40.2. The van der Waals surface area contributed by atoms with E-state index in [-0.39, 0.29) is 36.6 Å². The molecule has 1 N–H and O–H groups in total. The predicted molar refractivity (Wildman–Crippen MR) is 154 cm³/mol. The summed E-state index contributed by atoms with van der Waals surface area (Å²) in [5.41, 5.74) is 0.531. The molecule has 0 unspecified atom stereocenters. The number of rotatable bonds is 7. The van der Waals surface area contributed by atoms with Crippen LogP contribution in [0.15, 0.2) is 48.5 Å². The maximum atomic E-state index is 12.8. The highest BCUT2D eigenvalue weighted by Crippen LogP contribution is 2.37. The van der Waals surface area contributed by atoms with Crippen LogP contribution < -0.4 is 10.1 Å². The van der Waals surface area contributed by atoms with Crippen LogP contribution in [0.25, 0.3) is 0 Å². The Bertz CT molecular complexity index is 1190. The standard InChI is InChI=1S/C30H40N4O7/c1-30(2,3)41-29(36)33-17-8-7-12-23(20-33)31-27-25(34(37)38)13-9-14-26(27)40-24-15-18-32(19-16-24)28(35)39-21-22-10-5-4-6-11-22/h4-6,9-11,13-14,23-24,31H,7-8,12,15-21H2,1-3H3/t23-/m1/s1. The summed E-state index contributed by atoms with van der Waals surface area (Å²) >= 11 is 0. The Labute approximate surface area is 240 Å². The lowest BCUT2D eigenvalue weighted by Gasteiger charge is -2.32. The molecule has 1 atom stereocenters. The van der Waals surface area contributed by atoms with Crippen LogP contribution in [0.4, 0.5) is 21.0 Å². The van der Waals surface area contributed by atoms with Crippen LogP contribution in [0.2, 0.25) is 0 Å². The summed E-state index contributed by atoms with van der Waals surface area (Å²) in [6, 6.07) is 14.1. The third-order valence-electron chi connectivity index (χ3n) is 7.07. The van der Waals surface area contributed by atoms with E-state index in [9.17, 15) is 19.7 Å². The summed E-state index contributed by atoms with van der Waals surface area (Å²) in [7, 11) is 0. The molecule has 2 amide bonds. The maximum absolute atomic E-state index is 12.8. The zero-order valence-electron chi connectivity index (χ0n) is 24.0. The SMILES string of the molecule is CC(C)(C)OC(=O)N1CCCC[C@@H](Nc2c(OC3CCN(C(=O)OCc4ccccc4)CC3)cccc2[N+](=O)[O-])C1. The highest BCUT2D eigenvalue weighted by molar-refractivity contribution is 5.71. The average molecular weight is 569 g/mol. The first-order chi connectivity index (χ1) is 19.6. The number of nitrogens with zero attached hydrogens (tertiary/aromatic N) is 3. The van der Waals surface area contributed by atoms with E-state index in [4.69, 9.17) is 14.2 Å². The molecular weight excluding hydrogens is 528 g/mol. The van der Waals surface area contributed by atoms with Gasteiger partial charge in [0.1, 0.15) is 24.1 Å². The van der Waals surface area contributed by atoms with Crippen molar-refractivity contribution in [2.45, 2.75) is 77.2 Å². The summed E-state index contributed by atoms with van der Waals surface area (Å²) < 4.78 is 17.3. The number of nitro benzene ring substituents is 1. The number of piperidine rings is 1. The van der Waals surface area contributed by atoms with E-state index in [0.29, 0.717) is 50.5 Å². The number of amides is 2. The smallest absolute Gasteiger partial charge is 0.410 e. The molecule has 0 bridgehead atoms. The predicted octanol–water partition coefficient (Wildman–Crippen LogP) is 5.98. The van der Waals surface area contributed by atoms with Gasteiger partial charge < -0.3 is 29.3 Å². The van der Waals surface area contributed by atoms with Gasteiger partial charge in [-0.15, -0.1) is 0 Å². The van der Waals surface area contributed by atoms with Gasteiger partial charge in [-0.2, -0.15) is 0 Å². The van der Waals surface area contributed by atoms with E-state index in [0.717, 1.165) is 24.8 Å². The molecular formula is C30H40N4O7. The second kappa shape index (κ2) is 13.6. The van der Waals surface area contributed by atoms with E-state index < -0.39 is 10.5 Å². The van der Waals surface area contributed by atoms with Crippen molar-refractivity contribution < 1.29 is 28.7 Å². The van der Waals surface area contributed by atoms with Crippen molar-refractivity contribution in [1.29, 1.82) is 0 Å². The normalized spacial score (nSPS) is 18.3. The van der Waals surface area contributed by atoms with E-state index in [2.05, 4.69) is 5.32 Å². The largest absolute Gasteiger partial charge is 0.488 e. The number of anilines is 1. The van der Waals surface area contributed by atoms with E-state index in [1.807, 2.05) is 51.1 Å². The molecule has 2 aromatic carbocycles. The minimum Gasteiger partial charge on any atom is -0.488 e. The van der Waals surface area contributed by atoms with Crippen LogP contribution in [-0.2, 0) is 16.1 Å². The Hall–Kier alpha value is -4.02. The summed E-state index contributed by atoms with van der Waals surface area (Å²) in [5, 5.41) is 15.3. The molecule has 11 heteroatoms. The number of likely N-dealkylation sites (tertiary alicyclic amines) is 2. The zero-order valence-corrected chi connectivity index (χ0v) is 24.0. The van der Waals surface area contributed by atoms with Gasteiger partial charge in [-0.1, -0.05) is 36.4 Å². The van der Waals surface area contributed by atoms with Crippen LogP contribution in [0.3, 0.4) is 0 Å². The lowest BCUT2D eigenvalue weighted by molar-refractivity contribution is -0.384. The van der Waals surface area contributed by atoms with Crippen LogP contribution >= 0.6 is 0 Å². The number of para-hydroxylation sites is 1. The molecule has 0 saturated carbocycles. The highest BCUT2D eigenvalue weighted by atomic mass is 16.6. The molecule has 2 aliphatic rings. The minimum absolute atomic E-state index is 0.0857. The summed E-state index contributed by atoms with van der Waals surface area (Å²) in [6.45, 7) is 7.55. The van der Waals surface area contributed by atoms with Gasteiger partial charge >= 0.3 is 12.2 Å². The molecule has 11 nitrogen and oxygen atoms in total. The Morgan fingerprint density at radius 2 is 1.68 bits per heavy atom. The van der Waals surface area contributed by atoms with Gasteiger partial charge in [0.05, 0.1) is 4.92 Å². The highest BCUT2D eigenvalue weighted by Gasteiger charge is 2.30. The first-order valence-electron chi connectivity index (χ1n) is 14.2. The molecule has 2 saturated heterocycles. The Morgan fingerprint density at radius 1 is 0.951 bits per heavy atom. The third-order valence-corrected chi connectivity index (χ3v) is 7.07. The maximum Gasteiger partial charge on any atom is 0.410 e. The second-order valence-electron chi connectivity index (χ2n) is 11.5. The molecule has 0 radical (unpaired) electrons. The van der Waals surface area contributed by atoms with Crippen molar-refractivity contribution in [2.24, 2.45) is 0 Å². The van der Waals surface area contributed by atoms with Crippen LogP contribution in [0.1, 0.15) is 58.4 Å². The van der Waals surface area contributed by atoms with Crippen molar-refractivity contribution in [3.63, 3.8) is 0 Å². The van der Waals surface area contributed by atoms with Gasteiger partial charge in [0.2, 0.25) is 0 Å². The molecule has 0 aromatic heterocycles. The van der Waals surface area contributed by atoms with Crippen molar-refractivity contribution in [3.8, 4) is 5.75 Å². The fourth-order valence-electron chi connectivity index (χ4n) is 5.02. The van der Waals surface area contributed by atoms with E-state index in [1.54, 1.807) is 21.9 Å². The Kier molecular flexibility index (Phi) is 9.91. The molecule has 2 aliphatic heterocycles. The second-order valence-corrected chi connectivity index (χ2v) is 11.5. The van der Waals surface area contributed by atoms with Gasteiger partial charge in [-0.05, 0) is 51.7 Å². The number of nitro groups is 1. The fourth-order valence-corrected chi connectivity index (χ4v) is 5.02. The first kappa shape index (κ1) is 30.0. The number of hydrogen-bond acceptors (Lipinski definition) is 8. The van der Waals surface area contributed by atoms with Gasteiger partial charge in [-0.25, -0.2) is 9.59 Å². The molecule has 41 heavy (non-hydrogen) atoms. The topological polar surface area (TPSA) is 123 Å². The molecule has 0 spiro atoms. The quantitative estimate of drug-likeness (QED) is 0.320. The molecule has 2 fully saturated rings. The van der Waals surface area contributed by atoms with Crippen molar-refractivity contribution in [1.82, 2.24) is 9.80 Å². The van der Waals surface area contributed by atoms with E-state index in [1.165, 1.54) is 6.07 Å². The number of carbonyl (C=O) groups is 2. The number of nitrogens with one attached hydrogen (secondary N) is 1. The van der Waals surface area contributed by atoms with Crippen molar-refractivity contribution in [3.05, 3.63) is 64.2 Å². The fraction of sp³-hybridized carbons (Fsp3) is 0.533. The van der Waals surface area contributed by atoms with Gasteiger partial charge in [-0.3, -0.25) is 10.1 Å². The van der Waals surface area contributed by atoms with Crippen molar-refractivity contribution >= 4 is 23.6 Å². The number of hydrogen-bond donors (Lipinski definition) is 1. The monoisotopic (exact) mass is 568 g/mol. The summed E-state index contributed by atoms with van der Waals surface area (Å²) in [5.74, 6) is 0.386. The Balaban J connectivity index is 1.39. The van der Waals surface area contributed by atoms with Gasteiger partial charge in [0.15, 0.2) is 5.69 Å². The van der Waals surface area contributed by atoms with E-state index >= 15 is 0 Å². The average Bonchev–Trinajstić information content (AvgIpc) is 3.18.